The Kier molecular flexibility index (Phi) is 5.55. The Bertz CT molecular complexity index is 1080. The molecule has 3 aromatic rings. The molecule has 2 heterocycles. The molecule has 146 valence electrons. The van der Waals surface area contributed by atoms with Crippen molar-refractivity contribution in [3.8, 4) is 11.5 Å². The van der Waals surface area contributed by atoms with Crippen molar-refractivity contribution in [1.82, 2.24) is 24.6 Å². The summed E-state index contributed by atoms with van der Waals surface area (Å²) in [7, 11) is 1.48. The molecule has 1 amide bonds. The van der Waals surface area contributed by atoms with Crippen LogP contribution in [0, 0.1) is 11.6 Å². The maximum Gasteiger partial charge on any atom is 0.346 e. The molecule has 1 aromatic carbocycles. The van der Waals surface area contributed by atoms with Gasteiger partial charge < -0.3 is 5.32 Å². The highest BCUT2D eigenvalue weighted by Crippen LogP contribution is 2.20. The van der Waals surface area contributed by atoms with Crippen LogP contribution in [-0.4, -0.2) is 25.2 Å². The number of nitrogens with one attached hydrogen (secondary N) is 1. The van der Waals surface area contributed by atoms with Gasteiger partial charge in [0.1, 0.15) is 23.9 Å². The minimum atomic E-state index is -0.586. The summed E-state index contributed by atoms with van der Waals surface area (Å²) in [5.41, 5.74) is 0.298. The molecule has 3 rings (SSSR count). The lowest BCUT2D eigenvalue weighted by atomic mass is 10.1. The molecule has 0 saturated heterocycles. The first-order valence-corrected chi connectivity index (χ1v) is 8.64. The van der Waals surface area contributed by atoms with Crippen molar-refractivity contribution in [2.75, 3.05) is 0 Å². The molecule has 0 aliphatic carbocycles. The molecule has 10 heteroatoms. The summed E-state index contributed by atoms with van der Waals surface area (Å²) in [6.45, 7) is 1.34. The van der Waals surface area contributed by atoms with Gasteiger partial charge in [0.25, 0.3) is 0 Å². The summed E-state index contributed by atoms with van der Waals surface area (Å²) in [4.78, 5) is 28.5. The molecule has 1 N–H and O–H groups in total. The lowest BCUT2D eigenvalue weighted by Gasteiger charge is -2.14. The molecule has 28 heavy (non-hydrogen) atoms. The number of carbonyl (C=O) groups is 1. The van der Waals surface area contributed by atoms with Gasteiger partial charge >= 0.3 is 5.69 Å². The van der Waals surface area contributed by atoms with Crippen LogP contribution >= 0.6 is 11.6 Å². The van der Waals surface area contributed by atoms with E-state index in [-0.39, 0.29) is 17.4 Å². The number of amides is 1. The molecular formula is C18H16ClF2N5O2. The van der Waals surface area contributed by atoms with Crippen LogP contribution in [0.15, 0.2) is 41.3 Å². The fraction of sp³-hybridized carbons (Fsp3) is 0.222. The molecular weight excluding hydrogens is 392 g/mol. The van der Waals surface area contributed by atoms with Crippen molar-refractivity contribution >= 4 is 17.5 Å². The van der Waals surface area contributed by atoms with Gasteiger partial charge in [-0.1, -0.05) is 17.7 Å². The average molecular weight is 408 g/mol. The Morgan fingerprint density at radius 2 is 2.04 bits per heavy atom. The van der Waals surface area contributed by atoms with E-state index in [0.29, 0.717) is 11.3 Å². The Hall–Kier alpha value is -3.07. The van der Waals surface area contributed by atoms with E-state index in [1.807, 2.05) is 0 Å². The van der Waals surface area contributed by atoms with Crippen LogP contribution < -0.4 is 11.0 Å². The third-order valence-electron chi connectivity index (χ3n) is 4.11. The van der Waals surface area contributed by atoms with Crippen LogP contribution in [0.2, 0.25) is 5.02 Å². The van der Waals surface area contributed by atoms with Crippen molar-refractivity contribution in [2.45, 2.75) is 19.5 Å². The smallest absolute Gasteiger partial charge is 0.346 e. The maximum absolute atomic E-state index is 13.6. The minimum absolute atomic E-state index is 0.00996. The highest BCUT2D eigenvalue weighted by molar-refractivity contribution is 6.30. The van der Waals surface area contributed by atoms with Crippen LogP contribution in [0.4, 0.5) is 8.78 Å². The Labute approximate surface area is 163 Å². The van der Waals surface area contributed by atoms with Gasteiger partial charge in [-0.2, -0.15) is 0 Å². The summed E-state index contributed by atoms with van der Waals surface area (Å²) in [6, 6.07) is 6.32. The highest BCUT2D eigenvalue weighted by atomic mass is 35.5. The van der Waals surface area contributed by atoms with E-state index in [9.17, 15) is 18.4 Å². The van der Waals surface area contributed by atoms with Gasteiger partial charge in [0.15, 0.2) is 5.82 Å². The van der Waals surface area contributed by atoms with Gasteiger partial charge in [-0.15, -0.1) is 5.10 Å². The zero-order valence-corrected chi connectivity index (χ0v) is 15.7. The topological polar surface area (TPSA) is 81.8 Å². The fourth-order valence-corrected chi connectivity index (χ4v) is 2.73. The summed E-state index contributed by atoms with van der Waals surface area (Å²) in [5.74, 6) is -1.38. The predicted molar refractivity (Wildman–Crippen MR) is 98.6 cm³/mol. The van der Waals surface area contributed by atoms with Crippen LogP contribution in [0.5, 0.6) is 0 Å². The van der Waals surface area contributed by atoms with Crippen LogP contribution in [0.3, 0.4) is 0 Å². The van der Waals surface area contributed by atoms with Gasteiger partial charge in [-0.3, -0.25) is 9.36 Å². The van der Waals surface area contributed by atoms with Crippen molar-refractivity contribution in [3.05, 3.63) is 69.2 Å². The number of pyridine rings is 1. The number of nitrogens with zero attached hydrogens (tertiary/aromatic N) is 4. The normalized spacial score (nSPS) is 12.0. The minimum Gasteiger partial charge on any atom is -0.348 e. The number of rotatable bonds is 5. The molecule has 0 aliphatic rings. The lowest BCUT2D eigenvalue weighted by molar-refractivity contribution is -0.122. The molecule has 0 fully saturated rings. The number of halogens is 3. The third kappa shape index (κ3) is 4.09. The van der Waals surface area contributed by atoms with Gasteiger partial charge in [0, 0.05) is 7.05 Å². The summed E-state index contributed by atoms with van der Waals surface area (Å²) in [5, 5.41) is 6.76. The van der Waals surface area contributed by atoms with Crippen LogP contribution in [0.1, 0.15) is 18.5 Å². The van der Waals surface area contributed by atoms with Crippen LogP contribution in [0.25, 0.3) is 11.5 Å². The number of aromatic nitrogens is 4. The SMILES string of the molecule is C[C@H](NC(=O)Cn1nc(-c2ccc(F)cn2)n(C)c1=O)c1ccc(Cl)c(F)c1. The maximum atomic E-state index is 13.6. The predicted octanol–water partition coefficient (Wildman–Crippen LogP) is 2.45. The Morgan fingerprint density at radius 3 is 2.68 bits per heavy atom. The van der Waals surface area contributed by atoms with Gasteiger partial charge in [0.05, 0.1) is 17.3 Å². The van der Waals surface area contributed by atoms with E-state index >= 15 is 0 Å². The molecule has 0 spiro atoms. The molecule has 0 saturated carbocycles. The van der Waals surface area contributed by atoms with E-state index in [4.69, 9.17) is 11.6 Å². The average Bonchev–Trinajstić information content (AvgIpc) is 2.93. The third-order valence-corrected chi connectivity index (χ3v) is 4.42. The molecule has 1 atom stereocenters. The lowest BCUT2D eigenvalue weighted by Crippen LogP contribution is -2.34. The monoisotopic (exact) mass is 407 g/mol. The first-order chi connectivity index (χ1) is 13.3. The van der Waals surface area contributed by atoms with Gasteiger partial charge in [-0.05, 0) is 36.8 Å². The van der Waals surface area contributed by atoms with E-state index in [0.717, 1.165) is 10.9 Å². The molecule has 7 nitrogen and oxygen atoms in total. The standard InChI is InChI=1S/C18H16ClF2N5O2/c1-10(11-3-5-13(19)14(21)7-11)23-16(27)9-26-18(28)25(2)17(24-26)15-6-4-12(20)8-22-15/h3-8,10H,9H2,1-2H3,(H,23,27)/t10-/m0/s1. The highest BCUT2D eigenvalue weighted by Gasteiger charge is 2.17. The van der Waals surface area contributed by atoms with Crippen molar-refractivity contribution < 1.29 is 13.6 Å². The van der Waals surface area contributed by atoms with E-state index in [1.54, 1.807) is 13.0 Å². The zero-order valence-electron chi connectivity index (χ0n) is 15.0. The summed E-state index contributed by atoms with van der Waals surface area (Å²) >= 11 is 5.66. The number of hydrogen-bond donors (Lipinski definition) is 1. The van der Waals surface area contributed by atoms with E-state index in [2.05, 4.69) is 15.4 Å². The van der Waals surface area contributed by atoms with E-state index < -0.39 is 29.3 Å². The van der Waals surface area contributed by atoms with E-state index in [1.165, 1.54) is 35.9 Å². The largest absolute Gasteiger partial charge is 0.348 e. The number of carbonyl (C=O) groups excluding carboxylic acids is 1. The van der Waals surface area contributed by atoms with Crippen molar-refractivity contribution in [2.24, 2.45) is 7.05 Å². The second-order valence-electron chi connectivity index (χ2n) is 6.15. The fourth-order valence-electron chi connectivity index (χ4n) is 2.61. The van der Waals surface area contributed by atoms with Crippen LogP contribution in [-0.2, 0) is 18.4 Å². The molecule has 0 radical (unpaired) electrons. The second-order valence-corrected chi connectivity index (χ2v) is 6.55. The molecule has 2 aromatic heterocycles. The van der Waals surface area contributed by atoms with Crippen molar-refractivity contribution in [1.29, 1.82) is 0 Å². The van der Waals surface area contributed by atoms with Gasteiger partial charge in [-0.25, -0.2) is 23.2 Å². The number of hydrogen-bond acceptors (Lipinski definition) is 4. The summed E-state index contributed by atoms with van der Waals surface area (Å²) in [6.07, 6.45) is 1.01. The Balaban J connectivity index is 1.75. The second kappa shape index (κ2) is 7.89. The molecule has 0 unspecified atom stereocenters. The first kappa shape index (κ1) is 19.7. The van der Waals surface area contributed by atoms with Gasteiger partial charge in [0.2, 0.25) is 5.91 Å². The number of benzene rings is 1. The molecule has 0 bridgehead atoms. The first-order valence-electron chi connectivity index (χ1n) is 8.26. The Morgan fingerprint density at radius 1 is 1.29 bits per heavy atom. The summed E-state index contributed by atoms with van der Waals surface area (Å²) < 4.78 is 28.8. The molecule has 0 aliphatic heterocycles. The van der Waals surface area contributed by atoms with Crippen molar-refractivity contribution in [3.63, 3.8) is 0 Å². The zero-order chi connectivity index (χ0) is 20.4. The quantitative estimate of drug-likeness (QED) is 0.704.